The Morgan fingerprint density at radius 3 is 2.89 bits per heavy atom. The van der Waals surface area contributed by atoms with Crippen molar-refractivity contribution >= 4 is 0 Å². The van der Waals surface area contributed by atoms with E-state index in [0.717, 1.165) is 31.1 Å². The third kappa shape index (κ3) is 3.73. The minimum absolute atomic E-state index is 0.174. The van der Waals surface area contributed by atoms with Crippen LogP contribution < -0.4 is 10.5 Å². The Balaban J connectivity index is 1.96. The van der Waals surface area contributed by atoms with E-state index in [1.807, 2.05) is 0 Å². The van der Waals surface area contributed by atoms with Gasteiger partial charge in [0.05, 0.1) is 6.61 Å². The van der Waals surface area contributed by atoms with E-state index in [1.54, 1.807) is 0 Å². The lowest BCUT2D eigenvalue weighted by Gasteiger charge is -2.20. The lowest BCUT2D eigenvalue weighted by molar-refractivity contribution is 0.356. The highest BCUT2D eigenvalue weighted by Crippen LogP contribution is 2.30. The molecule has 2 rings (SSSR count). The maximum absolute atomic E-state index is 6.40. The second-order valence-electron chi connectivity index (χ2n) is 5.72. The first-order chi connectivity index (χ1) is 9.24. The molecular weight excluding hydrogens is 234 g/mol. The van der Waals surface area contributed by atoms with Crippen LogP contribution in [0.2, 0.25) is 0 Å². The minimum atomic E-state index is 0.174. The van der Waals surface area contributed by atoms with Gasteiger partial charge in [0.25, 0.3) is 0 Å². The van der Waals surface area contributed by atoms with Crippen molar-refractivity contribution in [2.45, 2.75) is 58.4 Å². The monoisotopic (exact) mass is 261 g/mol. The van der Waals surface area contributed by atoms with E-state index in [0.29, 0.717) is 0 Å². The Morgan fingerprint density at radius 1 is 1.32 bits per heavy atom. The van der Waals surface area contributed by atoms with Crippen LogP contribution in [0.5, 0.6) is 5.75 Å². The normalized spacial score (nSPS) is 16.8. The van der Waals surface area contributed by atoms with Crippen molar-refractivity contribution in [2.75, 3.05) is 6.61 Å². The first-order valence-electron chi connectivity index (χ1n) is 7.75. The second kappa shape index (κ2) is 6.95. The van der Waals surface area contributed by atoms with E-state index in [2.05, 4.69) is 32.0 Å². The first-order valence-corrected chi connectivity index (χ1v) is 7.75. The van der Waals surface area contributed by atoms with Crippen LogP contribution in [0.1, 0.15) is 63.1 Å². The standard InChI is InChI=1S/C17H27NO/c1-3-5-6-13(4-2)11-16(18)14-7-8-17-15(12-14)9-10-19-17/h7-8,12-13,16H,3-6,9-11,18H2,1-2H3. The molecule has 0 radical (unpaired) electrons. The molecule has 1 aliphatic rings. The Hall–Kier alpha value is -1.02. The molecule has 1 heterocycles. The zero-order chi connectivity index (χ0) is 13.7. The van der Waals surface area contributed by atoms with Gasteiger partial charge in [-0.1, -0.05) is 51.7 Å². The number of hydrogen-bond acceptors (Lipinski definition) is 2. The summed E-state index contributed by atoms with van der Waals surface area (Å²) in [5.74, 6) is 1.81. The molecule has 0 saturated heterocycles. The molecule has 2 nitrogen and oxygen atoms in total. The number of benzene rings is 1. The lowest BCUT2D eigenvalue weighted by Crippen LogP contribution is -2.15. The number of rotatable bonds is 7. The van der Waals surface area contributed by atoms with E-state index < -0.39 is 0 Å². The van der Waals surface area contributed by atoms with Crippen LogP contribution in [0.4, 0.5) is 0 Å². The Kier molecular flexibility index (Phi) is 5.26. The zero-order valence-corrected chi connectivity index (χ0v) is 12.3. The Morgan fingerprint density at radius 2 is 2.16 bits per heavy atom. The van der Waals surface area contributed by atoms with Crippen molar-refractivity contribution < 1.29 is 4.74 Å². The second-order valence-corrected chi connectivity index (χ2v) is 5.72. The summed E-state index contributed by atoms with van der Waals surface area (Å²) in [6.07, 6.45) is 7.29. The SMILES string of the molecule is CCCCC(CC)CC(N)c1ccc2c(c1)CCO2. The average Bonchev–Trinajstić information content (AvgIpc) is 2.90. The molecule has 0 aliphatic carbocycles. The van der Waals surface area contributed by atoms with Crippen LogP contribution in [0, 0.1) is 5.92 Å². The minimum Gasteiger partial charge on any atom is -0.493 e. The number of nitrogens with two attached hydrogens (primary N) is 1. The van der Waals surface area contributed by atoms with Gasteiger partial charge in [0, 0.05) is 12.5 Å². The lowest BCUT2D eigenvalue weighted by atomic mass is 9.89. The topological polar surface area (TPSA) is 35.2 Å². The van der Waals surface area contributed by atoms with Crippen LogP contribution >= 0.6 is 0 Å². The zero-order valence-electron chi connectivity index (χ0n) is 12.3. The largest absolute Gasteiger partial charge is 0.493 e. The molecule has 19 heavy (non-hydrogen) atoms. The summed E-state index contributed by atoms with van der Waals surface area (Å²) in [6, 6.07) is 6.65. The van der Waals surface area contributed by atoms with E-state index in [4.69, 9.17) is 10.5 Å². The maximum atomic E-state index is 6.40. The molecule has 1 aliphatic heterocycles. The highest BCUT2D eigenvalue weighted by molar-refractivity contribution is 5.40. The predicted octanol–water partition coefficient (Wildman–Crippen LogP) is 4.23. The van der Waals surface area contributed by atoms with Crippen LogP contribution in [-0.2, 0) is 6.42 Å². The van der Waals surface area contributed by atoms with Gasteiger partial charge in [-0.3, -0.25) is 0 Å². The number of hydrogen-bond donors (Lipinski definition) is 1. The fourth-order valence-electron chi connectivity index (χ4n) is 2.91. The van der Waals surface area contributed by atoms with Crippen LogP contribution in [0.3, 0.4) is 0 Å². The van der Waals surface area contributed by atoms with Crippen LogP contribution in [0.15, 0.2) is 18.2 Å². The highest BCUT2D eigenvalue weighted by atomic mass is 16.5. The molecule has 0 amide bonds. The summed E-state index contributed by atoms with van der Waals surface area (Å²) in [7, 11) is 0. The summed E-state index contributed by atoms with van der Waals surface area (Å²) in [6.45, 7) is 5.36. The van der Waals surface area contributed by atoms with Gasteiger partial charge in [0.15, 0.2) is 0 Å². The van der Waals surface area contributed by atoms with Crippen molar-refractivity contribution in [2.24, 2.45) is 11.7 Å². The third-order valence-electron chi connectivity index (χ3n) is 4.27. The average molecular weight is 261 g/mol. The van der Waals surface area contributed by atoms with Gasteiger partial charge in [0.2, 0.25) is 0 Å². The molecule has 2 unspecified atom stereocenters. The van der Waals surface area contributed by atoms with Crippen LogP contribution in [-0.4, -0.2) is 6.61 Å². The maximum Gasteiger partial charge on any atom is 0.122 e. The van der Waals surface area contributed by atoms with E-state index in [1.165, 1.54) is 36.8 Å². The molecular formula is C17H27NO. The quantitative estimate of drug-likeness (QED) is 0.797. The summed E-state index contributed by atoms with van der Waals surface area (Å²) >= 11 is 0. The number of fused-ring (bicyclic) bond motifs is 1. The first kappa shape index (κ1) is 14.4. The summed E-state index contributed by atoms with van der Waals surface area (Å²) < 4.78 is 5.55. The Labute approximate surface area is 117 Å². The van der Waals surface area contributed by atoms with Gasteiger partial charge >= 0.3 is 0 Å². The van der Waals surface area contributed by atoms with Crippen LogP contribution in [0.25, 0.3) is 0 Å². The Bertz CT molecular complexity index is 402. The molecule has 0 spiro atoms. The van der Waals surface area contributed by atoms with Gasteiger partial charge in [-0.15, -0.1) is 0 Å². The predicted molar refractivity (Wildman–Crippen MR) is 80.5 cm³/mol. The number of unbranched alkanes of at least 4 members (excludes halogenated alkanes) is 1. The van der Waals surface area contributed by atoms with Crippen molar-refractivity contribution in [1.29, 1.82) is 0 Å². The van der Waals surface area contributed by atoms with E-state index in [-0.39, 0.29) is 6.04 Å². The molecule has 1 aromatic rings. The summed E-state index contributed by atoms with van der Waals surface area (Å²) in [5, 5.41) is 0. The third-order valence-corrected chi connectivity index (χ3v) is 4.27. The molecule has 0 saturated carbocycles. The summed E-state index contributed by atoms with van der Waals surface area (Å²) in [5.41, 5.74) is 9.00. The molecule has 1 aromatic carbocycles. The van der Waals surface area contributed by atoms with Gasteiger partial charge < -0.3 is 10.5 Å². The van der Waals surface area contributed by atoms with Gasteiger partial charge in [-0.2, -0.15) is 0 Å². The van der Waals surface area contributed by atoms with Crippen molar-refractivity contribution in [1.82, 2.24) is 0 Å². The summed E-state index contributed by atoms with van der Waals surface area (Å²) in [4.78, 5) is 0. The molecule has 0 bridgehead atoms. The van der Waals surface area contributed by atoms with Crippen molar-refractivity contribution in [3.63, 3.8) is 0 Å². The fraction of sp³-hybridized carbons (Fsp3) is 0.647. The molecule has 2 heteroatoms. The molecule has 0 aromatic heterocycles. The van der Waals surface area contributed by atoms with E-state index >= 15 is 0 Å². The van der Waals surface area contributed by atoms with Crippen molar-refractivity contribution in [3.05, 3.63) is 29.3 Å². The molecule has 0 fully saturated rings. The molecule has 106 valence electrons. The van der Waals surface area contributed by atoms with E-state index in [9.17, 15) is 0 Å². The smallest absolute Gasteiger partial charge is 0.122 e. The number of ether oxygens (including phenoxy) is 1. The van der Waals surface area contributed by atoms with Gasteiger partial charge in [-0.25, -0.2) is 0 Å². The fourth-order valence-corrected chi connectivity index (χ4v) is 2.91. The van der Waals surface area contributed by atoms with Crippen molar-refractivity contribution in [3.8, 4) is 5.75 Å². The van der Waals surface area contributed by atoms with Gasteiger partial charge in [0.1, 0.15) is 5.75 Å². The molecule has 2 atom stereocenters. The highest BCUT2D eigenvalue weighted by Gasteiger charge is 2.17. The van der Waals surface area contributed by atoms with Gasteiger partial charge in [-0.05, 0) is 29.5 Å². The molecule has 2 N–H and O–H groups in total.